The molecule has 11 heteroatoms. The van der Waals surface area contributed by atoms with E-state index in [9.17, 15) is 23.6 Å². The third-order valence-corrected chi connectivity index (χ3v) is 5.39. The van der Waals surface area contributed by atoms with E-state index in [-0.39, 0.29) is 12.8 Å². The summed E-state index contributed by atoms with van der Waals surface area (Å²) in [5.41, 5.74) is 4.96. The minimum Gasteiger partial charge on any atom is -0.443 e. The molecule has 1 unspecified atom stereocenters. The molecule has 2 aromatic rings. The van der Waals surface area contributed by atoms with Crippen molar-refractivity contribution >= 4 is 35.3 Å². The summed E-state index contributed by atoms with van der Waals surface area (Å²) in [7, 11) is 0. The number of nitrogens with one attached hydrogen (secondary N) is 2. The molecule has 0 spiro atoms. The van der Waals surface area contributed by atoms with Crippen molar-refractivity contribution in [3.63, 3.8) is 0 Å². The molecule has 1 heterocycles. The largest absolute Gasteiger partial charge is 0.443 e. The van der Waals surface area contributed by atoms with E-state index in [4.69, 9.17) is 15.2 Å². The standard InChI is InChI=1S/C27H39FN4O6/c1-26(2,3)37-24(35)32(25(36)38-27(4,5)6)22(9-7-8-12-29)23(34)31-19(16-33)13-17-15-30-21-14-18(28)10-11-20(17)21/h10-11,14-16,19,22,30H,7-9,12-13,29H2,1-6H3,(H,31,34)/t19?,22-/m0/s1. The van der Waals surface area contributed by atoms with Gasteiger partial charge in [-0.1, -0.05) is 0 Å². The first-order valence-electron chi connectivity index (χ1n) is 12.6. The number of nitrogens with two attached hydrogens (primary N) is 1. The number of hydrogen-bond acceptors (Lipinski definition) is 7. The van der Waals surface area contributed by atoms with Gasteiger partial charge >= 0.3 is 12.2 Å². The number of unbranched alkanes of at least 4 members (excludes halogenated alkanes) is 1. The van der Waals surface area contributed by atoms with Crippen LogP contribution < -0.4 is 11.1 Å². The van der Waals surface area contributed by atoms with Gasteiger partial charge in [0.15, 0.2) is 0 Å². The lowest BCUT2D eigenvalue weighted by molar-refractivity contribution is -0.129. The predicted molar refractivity (Wildman–Crippen MR) is 141 cm³/mol. The summed E-state index contributed by atoms with van der Waals surface area (Å²) in [6.45, 7) is 10.2. The topological polar surface area (TPSA) is 144 Å². The van der Waals surface area contributed by atoms with Crippen molar-refractivity contribution in [3.8, 4) is 0 Å². The maximum Gasteiger partial charge on any atom is 0.420 e. The van der Waals surface area contributed by atoms with Crippen LogP contribution in [0.4, 0.5) is 14.0 Å². The first kappa shape index (κ1) is 30.8. The zero-order valence-corrected chi connectivity index (χ0v) is 22.9. The Bertz CT molecular complexity index is 1110. The Kier molecular flexibility index (Phi) is 10.4. The Balaban J connectivity index is 2.35. The van der Waals surface area contributed by atoms with Crippen LogP contribution in [0.15, 0.2) is 24.4 Å². The van der Waals surface area contributed by atoms with Crippen LogP contribution in [0.5, 0.6) is 0 Å². The van der Waals surface area contributed by atoms with E-state index < -0.39 is 47.2 Å². The first-order chi connectivity index (χ1) is 17.6. The van der Waals surface area contributed by atoms with E-state index in [0.717, 1.165) is 0 Å². The quantitative estimate of drug-likeness (QED) is 0.306. The van der Waals surface area contributed by atoms with Crippen molar-refractivity contribution in [2.24, 2.45) is 5.73 Å². The maximum atomic E-state index is 13.6. The second-order valence-corrected chi connectivity index (χ2v) is 11.1. The SMILES string of the molecule is CC(C)(C)OC(=O)N(C(=O)OC(C)(C)C)[C@@H](CCCCN)C(=O)NC(C=O)Cc1c[nH]c2cc(F)ccc12. The van der Waals surface area contributed by atoms with Crippen molar-refractivity contribution in [2.75, 3.05) is 6.54 Å². The lowest BCUT2D eigenvalue weighted by Gasteiger charge is -2.33. The molecule has 0 saturated carbocycles. The lowest BCUT2D eigenvalue weighted by Crippen LogP contribution is -2.56. The number of aldehydes is 1. The van der Waals surface area contributed by atoms with Crippen LogP contribution in [0.25, 0.3) is 10.9 Å². The number of benzene rings is 1. The Morgan fingerprint density at radius 1 is 1.08 bits per heavy atom. The number of hydrogen-bond donors (Lipinski definition) is 3. The molecule has 3 amide bonds. The second-order valence-electron chi connectivity index (χ2n) is 11.1. The molecule has 0 fully saturated rings. The second kappa shape index (κ2) is 12.9. The van der Waals surface area contributed by atoms with Crippen LogP contribution in [0, 0.1) is 5.82 Å². The highest BCUT2D eigenvalue weighted by atomic mass is 19.1. The van der Waals surface area contributed by atoms with Gasteiger partial charge in [0.2, 0.25) is 5.91 Å². The van der Waals surface area contributed by atoms with Crippen molar-refractivity contribution in [1.82, 2.24) is 15.2 Å². The fourth-order valence-corrected chi connectivity index (χ4v) is 3.79. The highest BCUT2D eigenvalue weighted by molar-refractivity contribution is 5.96. The number of aromatic nitrogens is 1. The molecule has 1 aromatic heterocycles. The van der Waals surface area contributed by atoms with Crippen LogP contribution in [-0.4, -0.2) is 64.1 Å². The highest BCUT2D eigenvalue weighted by Gasteiger charge is 2.40. The number of ether oxygens (including phenoxy) is 2. The average molecular weight is 535 g/mol. The predicted octanol–water partition coefficient (Wildman–Crippen LogP) is 4.20. The number of halogens is 1. The van der Waals surface area contributed by atoms with Gasteiger partial charge in [-0.3, -0.25) is 4.79 Å². The molecule has 10 nitrogen and oxygen atoms in total. The Hall–Kier alpha value is -3.47. The number of carbonyl (C=O) groups excluding carboxylic acids is 4. The number of rotatable bonds is 10. The summed E-state index contributed by atoms with van der Waals surface area (Å²) in [6.07, 6.45) is 1.29. The fraction of sp³-hybridized carbons (Fsp3) is 0.556. The van der Waals surface area contributed by atoms with Gasteiger partial charge in [0.05, 0.1) is 6.04 Å². The number of carbonyl (C=O) groups is 4. The molecule has 210 valence electrons. The molecule has 1 aromatic carbocycles. The minimum atomic E-state index is -1.31. The third-order valence-electron chi connectivity index (χ3n) is 5.39. The zero-order chi connectivity index (χ0) is 28.7. The molecule has 0 bridgehead atoms. The van der Waals surface area contributed by atoms with Crippen LogP contribution in [0.2, 0.25) is 0 Å². The minimum absolute atomic E-state index is 0.0828. The smallest absolute Gasteiger partial charge is 0.420 e. The summed E-state index contributed by atoms with van der Waals surface area (Å²) >= 11 is 0. The zero-order valence-electron chi connectivity index (χ0n) is 22.9. The third kappa shape index (κ3) is 9.13. The van der Waals surface area contributed by atoms with Gasteiger partial charge in [0.1, 0.15) is 29.3 Å². The molecule has 4 N–H and O–H groups in total. The number of amides is 3. The van der Waals surface area contributed by atoms with E-state index in [0.29, 0.717) is 47.0 Å². The molecule has 2 rings (SSSR count). The van der Waals surface area contributed by atoms with Gasteiger partial charge in [0.25, 0.3) is 0 Å². The van der Waals surface area contributed by atoms with Gasteiger partial charge in [-0.15, -0.1) is 0 Å². The van der Waals surface area contributed by atoms with Crippen molar-refractivity contribution < 1.29 is 33.0 Å². The number of imide groups is 1. The van der Waals surface area contributed by atoms with E-state index in [1.165, 1.54) is 12.1 Å². The van der Waals surface area contributed by atoms with Crippen LogP contribution >= 0.6 is 0 Å². The first-order valence-corrected chi connectivity index (χ1v) is 12.6. The van der Waals surface area contributed by atoms with E-state index in [1.54, 1.807) is 53.8 Å². The molecular weight excluding hydrogens is 495 g/mol. The molecule has 0 radical (unpaired) electrons. The van der Waals surface area contributed by atoms with Crippen LogP contribution in [0.1, 0.15) is 66.4 Å². The molecule has 0 aliphatic carbocycles. The monoisotopic (exact) mass is 534 g/mol. The summed E-state index contributed by atoms with van der Waals surface area (Å²) < 4.78 is 24.4. The summed E-state index contributed by atoms with van der Waals surface area (Å²) in [4.78, 5) is 55.4. The van der Waals surface area contributed by atoms with Crippen molar-refractivity contribution in [3.05, 3.63) is 35.8 Å². The van der Waals surface area contributed by atoms with Gasteiger partial charge in [-0.05, 0) is 91.1 Å². The number of H-pyrrole nitrogens is 1. The number of fused-ring (bicyclic) bond motifs is 1. The van der Waals surface area contributed by atoms with Gasteiger partial charge in [0, 0.05) is 23.5 Å². The maximum absolute atomic E-state index is 13.6. The molecule has 0 saturated heterocycles. The van der Waals surface area contributed by atoms with Gasteiger partial charge < -0.3 is 30.3 Å². The van der Waals surface area contributed by atoms with Crippen LogP contribution in [-0.2, 0) is 25.5 Å². The molecular formula is C27H39FN4O6. The average Bonchev–Trinajstić information content (AvgIpc) is 3.16. The van der Waals surface area contributed by atoms with E-state index in [1.807, 2.05) is 0 Å². The molecule has 2 atom stereocenters. The lowest BCUT2D eigenvalue weighted by atomic mass is 10.0. The number of nitrogens with zero attached hydrogens (tertiary/aromatic N) is 1. The van der Waals surface area contributed by atoms with Crippen LogP contribution in [0.3, 0.4) is 0 Å². The van der Waals surface area contributed by atoms with E-state index in [2.05, 4.69) is 10.3 Å². The highest BCUT2D eigenvalue weighted by Crippen LogP contribution is 2.22. The molecule has 0 aliphatic heterocycles. The van der Waals surface area contributed by atoms with E-state index >= 15 is 0 Å². The summed E-state index contributed by atoms with van der Waals surface area (Å²) in [5, 5.41) is 3.35. The van der Waals surface area contributed by atoms with Gasteiger partial charge in [-0.25, -0.2) is 14.0 Å². The van der Waals surface area contributed by atoms with Gasteiger partial charge in [-0.2, -0.15) is 4.90 Å². The fourth-order valence-electron chi connectivity index (χ4n) is 3.79. The van der Waals surface area contributed by atoms with Crippen molar-refractivity contribution in [1.29, 1.82) is 0 Å². The normalized spacial score (nSPS) is 13.5. The Morgan fingerprint density at radius 2 is 1.68 bits per heavy atom. The molecule has 0 aliphatic rings. The Labute approximate surface area is 222 Å². The Morgan fingerprint density at radius 3 is 2.21 bits per heavy atom. The molecule has 38 heavy (non-hydrogen) atoms. The number of aromatic amines is 1. The van der Waals surface area contributed by atoms with Crippen molar-refractivity contribution in [2.45, 2.75) is 90.5 Å². The summed E-state index contributed by atoms with van der Waals surface area (Å²) in [6, 6.07) is 1.93. The summed E-state index contributed by atoms with van der Waals surface area (Å²) in [5.74, 6) is -1.13.